The van der Waals surface area contributed by atoms with E-state index in [9.17, 15) is 18.0 Å². The van der Waals surface area contributed by atoms with Gasteiger partial charge in [-0.3, -0.25) is 0 Å². The van der Waals surface area contributed by atoms with Crippen LogP contribution in [0.5, 0.6) is 0 Å². The van der Waals surface area contributed by atoms with Crippen molar-refractivity contribution in [2.24, 2.45) is 0 Å². The Morgan fingerprint density at radius 1 is 1.38 bits per heavy atom. The molecule has 0 bridgehead atoms. The summed E-state index contributed by atoms with van der Waals surface area (Å²) in [5.74, 6) is 0.605. The minimum atomic E-state index is -4.47. The number of nitrogens with zero attached hydrogens (tertiary/aromatic N) is 2. The van der Waals surface area contributed by atoms with Crippen molar-refractivity contribution in [3.05, 3.63) is 53.1 Å². The Hall–Kier alpha value is -2.51. The molecule has 1 heterocycles. The first-order valence-corrected chi connectivity index (χ1v) is 7.36. The van der Waals surface area contributed by atoms with Crippen molar-refractivity contribution >= 4 is 6.03 Å². The Balaban J connectivity index is 2.06. The molecule has 2 rings (SSSR count). The second kappa shape index (κ2) is 6.94. The summed E-state index contributed by atoms with van der Waals surface area (Å²) in [6, 6.07) is 3.95. The van der Waals surface area contributed by atoms with Crippen LogP contribution in [0.3, 0.4) is 0 Å². The van der Waals surface area contributed by atoms with Gasteiger partial charge in [-0.05, 0) is 25.5 Å². The maximum absolute atomic E-state index is 13.1. The van der Waals surface area contributed by atoms with Crippen LogP contribution in [-0.4, -0.2) is 27.9 Å². The van der Waals surface area contributed by atoms with Gasteiger partial charge in [0.2, 0.25) is 0 Å². The molecule has 1 aromatic carbocycles. The second-order valence-electron chi connectivity index (χ2n) is 5.63. The molecule has 0 spiro atoms. The Morgan fingerprint density at radius 2 is 2.04 bits per heavy atom. The van der Waals surface area contributed by atoms with E-state index in [4.69, 9.17) is 0 Å². The molecule has 0 saturated carbocycles. The lowest BCUT2D eigenvalue weighted by Gasteiger charge is -2.23. The molecule has 2 aromatic rings. The largest absolute Gasteiger partial charge is 0.416 e. The monoisotopic (exact) mass is 340 g/mol. The molecule has 130 valence electrons. The quantitative estimate of drug-likeness (QED) is 0.893. The maximum atomic E-state index is 13.1. The Morgan fingerprint density at radius 3 is 2.62 bits per heavy atom. The molecule has 1 atom stereocenters. The van der Waals surface area contributed by atoms with Crippen LogP contribution >= 0.6 is 0 Å². The minimum absolute atomic E-state index is 0.0283. The van der Waals surface area contributed by atoms with Gasteiger partial charge in [0, 0.05) is 18.9 Å². The van der Waals surface area contributed by atoms with E-state index in [1.165, 1.54) is 30.0 Å². The molecule has 0 aliphatic carbocycles. The molecule has 0 saturated heterocycles. The van der Waals surface area contributed by atoms with Gasteiger partial charge in [0.15, 0.2) is 0 Å². The van der Waals surface area contributed by atoms with Crippen LogP contribution in [0, 0.1) is 6.92 Å². The highest BCUT2D eigenvalue weighted by Crippen LogP contribution is 2.34. The molecule has 0 aliphatic heterocycles. The predicted octanol–water partition coefficient (Wildman–Crippen LogP) is 3.64. The van der Waals surface area contributed by atoms with Crippen molar-refractivity contribution in [2.45, 2.75) is 32.6 Å². The van der Waals surface area contributed by atoms with Crippen LogP contribution in [0.4, 0.5) is 18.0 Å². The summed E-state index contributed by atoms with van der Waals surface area (Å²) < 4.78 is 39.2. The summed E-state index contributed by atoms with van der Waals surface area (Å²) in [6.45, 7) is 3.59. The third kappa shape index (κ3) is 4.27. The molecule has 1 unspecified atom stereocenters. The van der Waals surface area contributed by atoms with E-state index in [1.807, 2.05) is 6.92 Å². The van der Waals surface area contributed by atoms with Gasteiger partial charge in [0.05, 0.1) is 18.2 Å². The molecule has 0 radical (unpaired) electrons. The van der Waals surface area contributed by atoms with Gasteiger partial charge in [-0.1, -0.05) is 18.2 Å². The number of carbonyl (C=O) groups is 1. The van der Waals surface area contributed by atoms with Crippen molar-refractivity contribution in [1.82, 2.24) is 20.2 Å². The topological polar surface area (TPSA) is 61.0 Å². The SMILES string of the molecule is Cc1cnc(CN(C)C(=O)NC(C)c2ccccc2C(F)(F)F)[nH]1. The predicted molar refractivity (Wildman–Crippen MR) is 83.2 cm³/mol. The number of aromatic amines is 1. The zero-order valence-electron chi connectivity index (χ0n) is 13.6. The standard InChI is InChI=1S/C16H19F3N4O/c1-10-8-20-14(21-10)9-23(3)15(24)22-11(2)12-6-4-5-7-13(12)16(17,18)19/h4-8,11H,9H2,1-3H3,(H,20,21)(H,22,24). The zero-order chi connectivity index (χ0) is 17.9. The number of aromatic nitrogens is 2. The van der Waals surface area contributed by atoms with Gasteiger partial charge < -0.3 is 15.2 Å². The fourth-order valence-corrected chi connectivity index (χ4v) is 2.35. The maximum Gasteiger partial charge on any atom is 0.416 e. The lowest BCUT2D eigenvalue weighted by molar-refractivity contribution is -0.138. The smallest absolute Gasteiger partial charge is 0.345 e. The molecular weight excluding hydrogens is 321 g/mol. The number of aryl methyl sites for hydroxylation is 1. The number of nitrogens with one attached hydrogen (secondary N) is 2. The first kappa shape index (κ1) is 17.8. The van der Waals surface area contributed by atoms with Crippen molar-refractivity contribution < 1.29 is 18.0 Å². The fourth-order valence-electron chi connectivity index (χ4n) is 2.35. The first-order valence-electron chi connectivity index (χ1n) is 7.36. The molecule has 2 amide bonds. The highest BCUT2D eigenvalue weighted by Gasteiger charge is 2.34. The van der Waals surface area contributed by atoms with Gasteiger partial charge in [-0.15, -0.1) is 0 Å². The molecule has 1 aromatic heterocycles. The van der Waals surface area contributed by atoms with Crippen molar-refractivity contribution in [1.29, 1.82) is 0 Å². The van der Waals surface area contributed by atoms with Gasteiger partial charge in [0.25, 0.3) is 0 Å². The number of urea groups is 1. The van der Waals surface area contributed by atoms with Crippen molar-refractivity contribution in [3.8, 4) is 0 Å². The van der Waals surface area contributed by atoms with Crippen LogP contribution < -0.4 is 5.32 Å². The highest BCUT2D eigenvalue weighted by atomic mass is 19.4. The third-order valence-corrected chi connectivity index (χ3v) is 3.56. The van der Waals surface area contributed by atoms with Gasteiger partial charge in [-0.25, -0.2) is 9.78 Å². The van der Waals surface area contributed by atoms with E-state index < -0.39 is 23.8 Å². The minimum Gasteiger partial charge on any atom is -0.345 e. The van der Waals surface area contributed by atoms with E-state index in [1.54, 1.807) is 13.2 Å². The number of rotatable bonds is 4. The molecule has 8 heteroatoms. The van der Waals surface area contributed by atoms with E-state index in [0.29, 0.717) is 5.82 Å². The Labute approximate surface area is 137 Å². The fraction of sp³-hybridized carbons (Fsp3) is 0.375. The van der Waals surface area contributed by atoms with Gasteiger partial charge >= 0.3 is 12.2 Å². The van der Waals surface area contributed by atoms with Gasteiger partial charge in [-0.2, -0.15) is 13.2 Å². The summed E-state index contributed by atoms with van der Waals surface area (Å²) in [4.78, 5) is 20.6. The van der Waals surface area contributed by atoms with E-state index in [0.717, 1.165) is 11.8 Å². The van der Waals surface area contributed by atoms with Crippen LogP contribution in [0.2, 0.25) is 0 Å². The molecule has 2 N–H and O–H groups in total. The number of H-pyrrole nitrogens is 1. The summed E-state index contributed by atoms with van der Waals surface area (Å²) in [5, 5.41) is 2.58. The average Bonchev–Trinajstić information content (AvgIpc) is 2.91. The van der Waals surface area contributed by atoms with Crippen LogP contribution in [0.25, 0.3) is 0 Å². The van der Waals surface area contributed by atoms with Crippen LogP contribution in [0.1, 0.15) is 35.6 Å². The second-order valence-corrected chi connectivity index (χ2v) is 5.63. The number of amides is 2. The highest BCUT2D eigenvalue weighted by molar-refractivity contribution is 5.74. The summed E-state index contributed by atoms with van der Waals surface area (Å²) in [5.41, 5.74) is 0.147. The average molecular weight is 340 g/mol. The molecular formula is C16H19F3N4O. The van der Waals surface area contributed by atoms with Crippen LogP contribution in [-0.2, 0) is 12.7 Å². The van der Waals surface area contributed by atoms with E-state index in [2.05, 4.69) is 15.3 Å². The van der Waals surface area contributed by atoms with E-state index >= 15 is 0 Å². The summed E-state index contributed by atoms with van der Waals surface area (Å²) >= 11 is 0. The zero-order valence-corrected chi connectivity index (χ0v) is 13.6. The first-order chi connectivity index (χ1) is 11.2. The number of carbonyl (C=O) groups excluding carboxylic acids is 1. The number of imidazole rings is 1. The number of hydrogen-bond donors (Lipinski definition) is 2. The number of alkyl halides is 3. The molecule has 0 aliphatic rings. The van der Waals surface area contributed by atoms with Crippen LogP contribution in [0.15, 0.2) is 30.5 Å². The normalized spacial score (nSPS) is 12.8. The summed E-state index contributed by atoms with van der Waals surface area (Å²) in [6.07, 6.45) is -2.82. The van der Waals surface area contributed by atoms with Crippen molar-refractivity contribution in [2.75, 3.05) is 7.05 Å². The van der Waals surface area contributed by atoms with Crippen molar-refractivity contribution in [3.63, 3.8) is 0 Å². The number of halogens is 3. The molecule has 5 nitrogen and oxygen atoms in total. The molecule has 24 heavy (non-hydrogen) atoms. The summed E-state index contributed by atoms with van der Waals surface area (Å²) in [7, 11) is 1.55. The lowest BCUT2D eigenvalue weighted by atomic mass is 10.0. The number of benzene rings is 1. The van der Waals surface area contributed by atoms with E-state index in [-0.39, 0.29) is 12.1 Å². The Bertz CT molecular complexity index is 711. The Kier molecular flexibility index (Phi) is 5.16. The lowest BCUT2D eigenvalue weighted by Crippen LogP contribution is -2.38. The third-order valence-electron chi connectivity index (χ3n) is 3.56. The van der Waals surface area contributed by atoms with Gasteiger partial charge in [0.1, 0.15) is 5.82 Å². The molecule has 0 fully saturated rings. The number of hydrogen-bond acceptors (Lipinski definition) is 2.